The molecule has 0 N–H and O–H groups in total. The minimum Gasteiger partial charge on any atom is -0.496 e. The fourth-order valence-electron chi connectivity index (χ4n) is 2.59. The zero-order chi connectivity index (χ0) is 15.9. The molecule has 0 unspecified atom stereocenters. The minimum atomic E-state index is -3.75. The number of fused-ring (bicyclic) bond motifs is 1. The van der Waals surface area contributed by atoms with Gasteiger partial charge in [0, 0.05) is 10.8 Å². The smallest absolute Gasteiger partial charge is 0.283 e. The van der Waals surface area contributed by atoms with Gasteiger partial charge in [-0.25, -0.2) is 0 Å². The molecule has 0 atom stereocenters. The predicted octanol–water partition coefficient (Wildman–Crippen LogP) is 2.90. The van der Waals surface area contributed by atoms with E-state index < -0.39 is 10.0 Å². The number of benzene rings is 2. The molecule has 1 aromatic heterocycles. The van der Waals surface area contributed by atoms with Gasteiger partial charge in [0.05, 0.1) is 23.4 Å². The second kappa shape index (κ2) is 5.14. The van der Waals surface area contributed by atoms with Crippen LogP contribution in [-0.2, 0) is 10.0 Å². The monoisotopic (exact) mass is 316 g/mol. The fourth-order valence-corrected chi connectivity index (χ4v) is 4.14. The van der Waals surface area contributed by atoms with Crippen LogP contribution in [0.3, 0.4) is 0 Å². The largest absolute Gasteiger partial charge is 0.496 e. The van der Waals surface area contributed by atoms with Crippen LogP contribution in [0.5, 0.6) is 5.75 Å². The van der Waals surface area contributed by atoms with E-state index in [-0.39, 0.29) is 4.90 Å². The van der Waals surface area contributed by atoms with E-state index >= 15 is 0 Å². The Balaban J connectivity index is 2.33. The molecule has 6 heteroatoms. The van der Waals surface area contributed by atoms with Gasteiger partial charge in [0.1, 0.15) is 5.75 Å². The highest BCUT2D eigenvalue weighted by Crippen LogP contribution is 2.32. The van der Waals surface area contributed by atoms with Crippen molar-refractivity contribution in [2.75, 3.05) is 7.11 Å². The van der Waals surface area contributed by atoms with Crippen LogP contribution in [0.4, 0.5) is 0 Å². The van der Waals surface area contributed by atoms with Crippen LogP contribution >= 0.6 is 0 Å². The maximum atomic E-state index is 12.9. The molecule has 0 radical (unpaired) electrons. The zero-order valence-electron chi connectivity index (χ0n) is 12.6. The quantitative estimate of drug-likeness (QED) is 0.745. The fraction of sp³-hybridized carbons (Fsp3) is 0.188. The van der Waals surface area contributed by atoms with Gasteiger partial charge in [0.2, 0.25) is 0 Å². The summed E-state index contributed by atoms with van der Waals surface area (Å²) in [5.74, 6) is 0.642. The van der Waals surface area contributed by atoms with Gasteiger partial charge in [0.15, 0.2) is 0 Å². The van der Waals surface area contributed by atoms with Crippen LogP contribution in [0, 0.1) is 13.8 Å². The highest BCUT2D eigenvalue weighted by molar-refractivity contribution is 7.90. The Labute approximate surface area is 129 Å². The van der Waals surface area contributed by atoms with Gasteiger partial charge in [-0.3, -0.25) is 0 Å². The third-order valence-corrected chi connectivity index (χ3v) is 5.27. The number of hydrogen-bond acceptors (Lipinski definition) is 4. The van der Waals surface area contributed by atoms with Crippen molar-refractivity contribution in [1.82, 2.24) is 9.19 Å². The van der Waals surface area contributed by atoms with Crippen molar-refractivity contribution in [3.8, 4) is 5.75 Å². The van der Waals surface area contributed by atoms with E-state index in [1.54, 1.807) is 45.2 Å². The first-order valence-corrected chi connectivity index (χ1v) is 8.24. The molecule has 1 heterocycles. The highest BCUT2D eigenvalue weighted by Gasteiger charge is 2.23. The number of aromatic nitrogens is 2. The number of ether oxygens (including phenoxy) is 1. The van der Waals surface area contributed by atoms with Crippen molar-refractivity contribution in [2.45, 2.75) is 18.7 Å². The van der Waals surface area contributed by atoms with E-state index in [0.717, 1.165) is 9.47 Å². The molecule has 114 valence electrons. The molecule has 0 spiro atoms. The van der Waals surface area contributed by atoms with Crippen molar-refractivity contribution in [1.29, 1.82) is 0 Å². The first kappa shape index (κ1) is 14.6. The van der Waals surface area contributed by atoms with Crippen LogP contribution in [-0.4, -0.2) is 24.7 Å². The summed E-state index contributed by atoms with van der Waals surface area (Å²) in [5.41, 5.74) is 1.25. The van der Waals surface area contributed by atoms with Crippen molar-refractivity contribution in [3.05, 3.63) is 53.9 Å². The van der Waals surface area contributed by atoms with Crippen LogP contribution in [0.15, 0.2) is 47.4 Å². The summed E-state index contributed by atoms with van der Waals surface area (Å²) in [5, 5.41) is 5.48. The molecule has 3 aromatic rings. The Morgan fingerprint density at radius 3 is 2.32 bits per heavy atom. The maximum absolute atomic E-state index is 12.9. The number of rotatable bonds is 3. The molecule has 0 aliphatic heterocycles. The number of aryl methyl sites for hydroxylation is 2. The lowest BCUT2D eigenvalue weighted by Crippen LogP contribution is -2.16. The van der Waals surface area contributed by atoms with Gasteiger partial charge < -0.3 is 4.74 Å². The predicted molar refractivity (Wildman–Crippen MR) is 84.8 cm³/mol. The third kappa shape index (κ3) is 2.16. The Morgan fingerprint density at radius 1 is 1.05 bits per heavy atom. The van der Waals surface area contributed by atoms with E-state index in [1.807, 2.05) is 18.2 Å². The van der Waals surface area contributed by atoms with E-state index in [9.17, 15) is 8.42 Å². The molecule has 0 bridgehead atoms. The average Bonchev–Trinajstić information content (AvgIpc) is 2.85. The van der Waals surface area contributed by atoms with Gasteiger partial charge in [-0.2, -0.15) is 17.6 Å². The van der Waals surface area contributed by atoms with Gasteiger partial charge in [-0.05, 0) is 32.0 Å². The summed E-state index contributed by atoms with van der Waals surface area (Å²) in [7, 11) is -2.18. The van der Waals surface area contributed by atoms with Crippen LogP contribution in [0.2, 0.25) is 0 Å². The van der Waals surface area contributed by atoms with Crippen molar-refractivity contribution >= 4 is 20.8 Å². The summed E-state index contributed by atoms with van der Waals surface area (Å²) in [6, 6.07) is 12.2. The second-order valence-corrected chi connectivity index (χ2v) is 6.82. The van der Waals surface area contributed by atoms with Gasteiger partial charge in [-0.15, -0.1) is 0 Å². The van der Waals surface area contributed by atoms with Crippen LogP contribution in [0.25, 0.3) is 10.8 Å². The molecule has 0 amide bonds. The summed E-state index contributed by atoms with van der Waals surface area (Å²) in [6.45, 7) is 3.49. The number of methoxy groups -OCH3 is 1. The summed E-state index contributed by atoms with van der Waals surface area (Å²) in [6.07, 6.45) is 0. The van der Waals surface area contributed by atoms with Crippen molar-refractivity contribution < 1.29 is 13.2 Å². The summed E-state index contributed by atoms with van der Waals surface area (Å²) >= 11 is 0. The first-order valence-electron chi connectivity index (χ1n) is 6.80. The molecule has 2 aromatic carbocycles. The first-order chi connectivity index (χ1) is 10.4. The van der Waals surface area contributed by atoms with E-state index in [0.29, 0.717) is 22.5 Å². The number of hydrogen-bond donors (Lipinski definition) is 0. The van der Waals surface area contributed by atoms with Gasteiger partial charge >= 0.3 is 0 Å². The maximum Gasteiger partial charge on any atom is 0.283 e. The summed E-state index contributed by atoms with van der Waals surface area (Å²) in [4.78, 5) is 0.218. The normalized spacial score (nSPS) is 11.8. The third-order valence-electron chi connectivity index (χ3n) is 3.54. The van der Waals surface area contributed by atoms with Crippen molar-refractivity contribution in [2.24, 2.45) is 0 Å². The molecular weight excluding hydrogens is 300 g/mol. The van der Waals surface area contributed by atoms with Crippen LogP contribution in [0.1, 0.15) is 11.4 Å². The second-order valence-electron chi connectivity index (χ2n) is 5.09. The lowest BCUT2D eigenvalue weighted by Gasteiger charge is -2.12. The molecule has 22 heavy (non-hydrogen) atoms. The zero-order valence-corrected chi connectivity index (χ0v) is 13.4. The highest BCUT2D eigenvalue weighted by atomic mass is 32.2. The van der Waals surface area contributed by atoms with Crippen molar-refractivity contribution in [3.63, 3.8) is 0 Å². The Kier molecular flexibility index (Phi) is 3.41. The van der Waals surface area contributed by atoms with E-state index in [4.69, 9.17) is 4.74 Å². The van der Waals surface area contributed by atoms with Gasteiger partial charge in [0.25, 0.3) is 10.0 Å². The molecule has 0 aliphatic carbocycles. The molecular formula is C16H16N2O3S. The average molecular weight is 316 g/mol. The SMILES string of the molecule is COc1ccc(S(=O)(=O)n2nc(C)cc2C)c2ccccc12. The van der Waals surface area contributed by atoms with Gasteiger partial charge in [-0.1, -0.05) is 24.3 Å². The molecule has 3 rings (SSSR count). The van der Waals surface area contributed by atoms with Crippen LogP contribution < -0.4 is 4.74 Å². The lowest BCUT2D eigenvalue weighted by molar-refractivity contribution is 0.419. The Hall–Kier alpha value is -2.34. The summed E-state index contributed by atoms with van der Waals surface area (Å²) < 4.78 is 32.3. The molecule has 0 saturated heterocycles. The standard InChI is InChI=1S/C16H16N2O3S/c1-11-10-12(2)18(17-11)22(19,20)16-9-8-15(21-3)13-6-4-5-7-14(13)16/h4-10H,1-3H3. The van der Waals surface area contributed by atoms with E-state index in [2.05, 4.69) is 5.10 Å². The lowest BCUT2D eigenvalue weighted by atomic mass is 10.1. The molecule has 0 saturated carbocycles. The Morgan fingerprint density at radius 2 is 1.73 bits per heavy atom. The minimum absolute atomic E-state index is 0.218. The number of nitrogens with zero attached hydrogens (tertiary/aromatic N) is 2. The molecule has 0 fully saturated rings. The molecule has 0 aliphatic rings. The topological polar surface area (TPSA) is 61.2 Å². The van der Waals surface area contributed by atoms with E-state index in [1.165, 1.54) is 0 Å². The Bertz CT molecular complexity index is 959. The molecule has 5 nitrogen and oxygen atoms in total.